The number of nitrogens with zero attached hydrogens (tertiary/aromatic N) is 4. The molecule has 0 unspecified atom stereocenters. The molecule has 3 heterocycles. The van der Waals surface area contributed by atoms with E-state index in [4.69, 9.17) is 4.98 Å². The largest absolute Gasteiger partial charge is 0.333 e. The highest BCUT2D eigenvalue weighted by Crippen LogP contribution is 2.26. The van der Waals surface area contributed by atoms with Crippen LogP contribution in [-0.2, 0) is 6.54 Å². The van der Waals surface area contributed by atoms with Crippen LogP contribution in [0.1, 0.15) is 16.7 Å². The quantitative estimate of drug-likeness (QED) is 0.453. The van der Waals surface area contributed by atoms with Gasteiger partial charge in [-0.15, -0.1) is 0 Å². The van der Waals surface area contributed by atoms with Crippen LogP contribution < -0.4 is 4.57 Å². The third kappa shape index (κ3) is 3.57. The van der Waals surface area contributed by atoms with Gasteiger partial charge in [-0.1, -0.05) is 42.5 Å². The van der Waals surface area contributed by atoms with Crippen molar-refractivity contribution in [2.45, 2.75) is 20.4 Å². The summed E-state index contributed by atoms with van der Waals surface area (Å²) in [6, 6.07) is 17.2. The molecule has 146 valence electrons. The van der Waals surface area contributed by atoms with E-state index in [1.165, 1.54) is 22.3 Å². The van der Waals surface area contributed by atoms with Crippen LogP contribution in [0.3, 0.4) is 0 Å². The minimum atomic E-state index is 0.718. The van der Waals surface area contributed by atoms with Crippen molar-refractivity contribution in [2.75, 3.05) is 0 Å². The average Bonchev–Trinajstić information content (AvgIpc) is 3.20. The van der Waals surface area contributed by atoms with E-state index in [-0.39, 0.29) is 0 Å². The molecular weight excluding hydrogens is 370 g/mol. The number of hydrogen-bond donors (Lipinski definition) is 1. The van der Waals surface area contributed by atoms with E-state index in [9.17, 15) is 0 Å². The van der Waals surface area contributed by atoms with Crippen molar-refractivity contribution in [2.24, 2.45) is 0 Å². The molecule has 0 aliphatic rings. The van der Waals surface area contributed by atoms with Gasteiger partial charge in [0.25, 0.3) is 0 Å². The molecule has 0 saturated heterocycles. The Kier molecular flexibility index (Phi) is 4.56. The third-order valence-electron chi connectivity index (χ3n) is 5.46. The zero-order valence-corrected chi connectivity index (χ0v) is 17.0. The van der Waals surface area contributed by atoms with Crippen molar-refractivity contribution in [3.8, 4) is 22.5 Å². The summed E-state index contributed by atoms with van der Waals surface area (Å²) in [5.74, 6) is 0.873. The molecule has 5 rings (SSSR count). The van der Waals surface area contributed by atoms with E-state index in [0.717, 1.165) is 34.5 Å². The van der Waals surface area contributed by atoms with Gasteiger partial charge in [0.1, 0.15) is 23.2 Å². The number of imidazole rings is 1. The predicted octanol–water partition coefficient (Wildman–Crippen LogP) is 4.64. The van der Waals surface area contributed by atoms with Gasteiger partial charge in [-0.05, 0) is 36.1 Å². The standard InChI is InChI=1S/C25H21N5/c1-17-3-4-22(11-18(17)2)20-5-7-21(8-6-20)25-28-23-9-10-30(15-24(23)29-25)14-19-12-26-16-27-13-19/h3-13,15-16H,14H2,1-2H3/p+1. The molecule has 2 aromatic carbocycles. The van der Waals surface area contributed by atoms with Gasteiger partial charge in [0, 0.05) is 24.0 Å². The number of nitrogens with one attached hydrogen (secondary N) is 1. The van der Waals surface area contributed by atoms with Crippen LogP contribution in [0.15, 0.2) is 79.6 Å². The van der Waals surface area contributed by atoms with Crippen molar-refractivity contribution in [3.63, 3.8) is 0 Å². The first-order chi connectivity index (χ1) is 14.7. The highest BCUT2D eigenvalue weighted by molar-refractivity contribution is 5.78. The lowest BCUT2D eigenvalue weighted by Gasteiger charge is -2.06. The maximum Gasteiger partial charge on any atom is 0.195 e. The van der Waals surface area contributed by atoms with E-state index in [0.29, 0.717) is 0 Å². The predicted molar refractivity (Wildman–Crippen MR) is 118 cm³/mol. The van der Waals surface area contributed by atoms with Crippen molar-refractivity contribution in [3.05, 3.63) is 96.3 Å². The number of hydrogen-bond acceptors (Lipinski definition) is 3. The fourth-order valence-electron chi connectivity index (χ4n) is 3.60. The second-order valence-corrected chi connectivity index (χ2v) is 7.62. The van der Waals surface area contributed by atoms with E-state index >= 15 is 0 Å². The van der Waals surface area contributed by atoms with Crippen LogP contribution in [0.4, 0.5) is 0 Å². The van der Waals surface area contributed by atoms with E-state index < -0.39 is 0 Å². The Morgan fingerprint density at radius 2 is 1.57 bits per heavy atom. The molecule has 0 bridgehead atoms. The highest BCUT2D eigenvalue weighted by Gasteiger charge is 2.11. The second kappa shape index (κ2) is 7.52. The summed E-state index contributed by atoms with van der Waals surface area (Å²) < 4.78 is 2.10. The molecule has 0 spiro atoms. The SMILES string of the molecule is Cc1ccc(-c2ccc(-c3nc4cc[n+](Cc5cncnc5)cc4[nH]3)cc2)cc1C. The highest BCUT2D eigenvalue weighted by atomic mass is 15.0. The van der Waals surface area contributed by atoms with Gasteiger partial charge in [-0.25, -0.2) is 15.0 Å². The number of fused-ring (bicyclic) bond motifs is 1. The molecule has 5 aromatic rings. The summed E-state index contributed by atoms with van der Waals surface area (Å²) in [7, 11) is 0. The number of aryl methyl sites for hydroxylation is 2. The first-order valence-electron chi connectivity index (χ1n) is 9.96. The zero-order valence-electron chi connectivity index (χ0n) is 17.0. The molecule has 0 aliphatic carbocycles. The Morgan fingerprint density at radius 1 is 0.833 bits per heavy atom. The van der Waals surface area contributed by atoms with Gasteiger partial charge >= 0.3 is 0 Å². The van der Waals surface area contributed by atoms with Gasteiger partial charge in [-0.3, -0.25) is 0 Å². The third-order valence-corrected chi connectivity index (χ3v) is 5.46. The minimum absolute atomic E-state index is 0.718. The Bertz CT molecular complexity index is 1320. The maximum atomic E-state index is 4.77. The van der Waals surface area contributed by atoms with Gasteiger partial charge in [-0.2, -0.15) is 4.57 Å². The number of pyridine rings is 1. The lowest BCUT2D eigenvalue weighted by molar-refractivity contribution is -0.687. The normalized spacial score (nSPS) is 11.1. The van der Waals surface area contributed by atoms with Crippen LogP contribution in [0.5, 0.6) is 0 Å². The van der Waals surface area contributed by atoms with E-state index in [2.05, 4.69) is 82.0 Å². The van der Waals surface area contributed by atoms with E-state index in [1.807, 2.05) is 24.7 Å². The monoisotopic (exact) mass is 392 g/mol. The number of benzene rings is 2. The Labute approximate surface area is 175 Å². The average molecular weight is 392 g/mol. The summed E-state index contributed by atoms with van der Waals surface area (Å²) >= 11 is 0. The van der Waals surface area contributed by atoms with Crippen molar-refractivity contribution < 1.29 is 4.57 Å². The lowest BCUT2D eigenvalue weighted by Crippen LogP contribution is -2.33. The van der Waals surface area contributed by atoms with Gasteiger partial charge in [0.15, 0.2) is 18.9 Å². The van der Waals surface area contributed by atoms with Crippen LogP contribution in [0.25, 0.3) is 33.5 Å². The molecule has 1 N–H and O–H groups in total. The van der Waals surface area contributed by atoms with Crippen LogP contribution >= 0.6 is 0 Å². The summed E-state index contributed by atoms with van der Waals surface area (Å²) in [5, 5.41) is 0. The van der Waals surface area contributed by atoms with Gasteiger partial charge in [0.2, 0.25) is 0 Å². The molecular formula is C25H22N5+. The fraction of sp³-hybridized carbons (Fsp3) is 0.120. The molecule has 0 atom stereocenters. The second-order valence-electron chi connectivity index (χ2n) is 7.62. The zero-order chi connectivity index (χ0) is 20.5. The van der Waals surface area contributed by atoms with Crippen molar-refractivity contribution in [1.29, 1.82) is 0 Å². The Hall–Kier alpha value is -3.86. The molecule has 0 amide bonds. The van der Waals surface area contributed by atoms with Crippen LogP contribution in [0.2, 0.25) is 0 Å². The molecule has 0 aliphatic heterocycles. The maximum absolute atomic E-state index is 4.77. The van der Waals surface area contributed by atoms with Crippen LogP contribution in [-0.4, -0.2) is 19.9 Å². The van der Waals surface area contributed by atoms with E-state index in [1.54, 1.807) is 6.33 Å². The minimum Gasteiger partial charge on any atom is -0.333 e. The summed E-state index contributed by atoms with van der Waals surface area (Å²) in [6.45, 7) is 5.01. The fourth-order valence-corrected chi connectivity index (χ4v) is 3.60. The van der Waals surface area contributed by atoms with Crippen molar-refractivity contribution >= 4 is 11.0 Å². The molecule has 3 aromatic heterocycles. The summed E-state index contributed by atoms with van der Waals surface area (Å²) in [5.41, 5.74) is 9.15. The Balaban J connectivity index is 1.42. The number of H-pyrrole nitrogens is 1. The topological polar surface area (TPSA) is 58.3 Å². The lowest BCUT2D eigenvalue weighted by atomic mass is 9.99. The Morgan fingerprint density at radius 3 is 2.33 bits per heavy atom. The smallest absolute Gasteiger partial charge is 0.195 e. The van der Waals surface area contributed by atoms with Gasteiger partial charge in [0.05, 0.1) is 5.56 Å². The van der Waals surface area contributed by atoms with Crippen molar-refractivity contribution in [1.82, 2.24) is 19.9 Å². The number of aromatic nitrogens is 5. The van der Waals surface area contributed by atoms with Gasteiger partial charge < -0.3 is 4.98 Å². The first kappa shape index (κ1) is 18.2. The summed E-state index contributed by atoms with van der Waals surface area (Å²) in [6.07, 6.45) is 9.31. The summed E-state index contributed by atoms with van der Waals surface area (Å²) in [4.78, 5) is 16.4. The molecule has 30 heavy (non-hydrogen) atoms. The van der Waals surface area contributed by atoms with Crippen LogP contribution in [0, 0.1) is 13.8 Å². The molecule has 0 fully saturated rings. The number of rotatable bonds is 4. The first-order valence-corrected chi connectivity index (χ1v) is 9.96. The molecule has 5 heteroatoms. The molecule has 0 saturated carbocycles. The molecule has 5 nitrogen and oxygen atoms in total. The number of aromatic amines is 1. The molecule has 0 radical (unpaired) electrons.